The largest absolute Gasteiger partial charge is 0.497 e. The molecule has 0 aliphatic carbocycles. The number of aryl methyl sites for hydroxylation is 1. The van der Waals surface area contributed by atoms with Crippen LogP contribution < -0.4 is 9.64 Å². The smallest absolute Gasteiger partial charge is 0.254 e. The van der Waals surface area contributed by atoms with E-state index in [1.54, 1.807) is 19.2 Å². The fourth-order valence-corrected chi connectivity index (χ4v) is 4.42. The molecule has 1 amide bonds. The van der Waals surface area contributed by atoms with Gasteiger partial charge in [0.05, 0.1) is 23.9 Å². The second-order valence-electron chi connectivity index (χ2n) is 8.56. The molecule has 2 heterocycles. The summed E-state index contributed by atoms with van der Waals surface area (Å²) >= 11 is 0. The van der Waals surface area contributed by atoms with Crippen molar-refractivity contribution >= 4 is 22.5 Å². The SMILES string of the molecule is COc1ccc(N2CCN(C(=O)c3cc(-c4ccc(F)cc4)nc4ccc(C)cc34)CC2)cc1. The minimum atomic E-state index is -0.300. The maximum absolute atomic E-state index is 13.7. The van der Waals surface area contributed by atoms with Crippen LogP contribution in [0, 0.1) is 12.7 Å². The van der Waals surface area contributed by atoms with Gasteiger partial charge in [-0.2, -0.15) is 0 Å². The Balaban J connectivity index is 1.43. The van der Waals surface area contributed by atoms with Crippen molar-refractivity contribution in [2.75, 3.05) is 38.2 Å². The van der Waals surface area contributed by atoms with Crippen LogP contribution in [0.15, 0.2) is 72.8 Å². The van der Waals surface area contributed by atoms with Crippen LogP contribution in [0.3, 0.4) is 0 Å². The third-order valence-corrected chi connectivity index (χ3v) is 6.34. The van der Waals surface area contributed by atoms with Crippen molar-refractivity contribution < 1.29 is 13.9 Å². The summed E-state index contributed by atoms with van der Waals surface area (Å²) in [6.07, 6.45) is 0. The van der Waals surface area contributed by atoms with Crippen molar-refractivity contribution in [2.45, 2.75) is 6.92 Å². The molecule has 6 heteroatoms. The van der Waals surface area contributed by atoms with Crippen LogP contribution in [0.2, 0.25) is 0 Å². The number of methoxy groups -OCH3 is 1. The van der Waals surface area contributed by atoms with Gasteiger partial charge >= 0.3 is 0 Å². The zero-order valence-corrected chi connectivity index (χ0v) is 19.3. The van der Waals surface area contributed by atoms with Crippen molar-refractivity contribution in [3.63, 3.8) is 0 Å². The van der Waals surface area contributed by atoms with Crippen molar-refractivity contribution in [1.82, 2.24) is 9.88 Å². The predicted octanol–water partition coefficient (Wildman–Crippen LogP) is 5.32. The molecule has 1 saturated heterocycles. The molecular formula is C28H26FN3O2. The molecule has 0 atom stereocenters. The predicted molar refractivity (Wildman–Crippen MR) is 133 cm³/mol. The number of nitrogens with zero attached hydrogens (tertiary/aromatic N) is 3. The summed E-state index contributed by atoms with van der Waals surface area (Å²) in [4.78, 5) is 22.6. The van der Waals surface area contributed by atoms with Crippen molar-refractivity contribution in [2.24, 2.45) is 0 Å². The lowest BCUT2D eigenvalue weighted by Gasteiger charge is -2.36. The first-order valence-corrected chi connectivity index (χ1v) is 11.4. The Kier molecular flexibility index (Phi) is 5.88. The average molecular weight is 456 g/mol. The number of hydrogen-bond donors (Lipinski definition) is 0. The molecule has 0 radical (unpaired) electrons. The Morgan fingerprint density at radius 1 is 0.912 bits per heavy atom. The van der Waals surface area contributed by atoms with E-state index >= 15 is 0 Å². The zero-order chi connectivity index (χ0) is 23.7. The van der Waals surface area contributed by atoms with E-state index in [0.717, 1.165) is 46.6 Å². The summed E-state index contributed by atoms with van der Waals surface area (Å²) in [6, 6.07) is 22.0. The topological polar surface area (TPSA) is 45.7 Å². The molecule has 4 aromatic rings. The number of rotatable bonds is 4. The second-order valence-corrected chi connectivity index (χ2v) is 8.56. The quantitative estimate of drug-likeness (QED) is 0.418. The first-order chi connectivity index (χ1) is 16.5. The van der Waals surface area contributed by atoms with Crippen molar-refractivity contribution in [3.8, 4) is 17.0 Å². The van der Waals surface area contributed by atoms with Crippen LogP contribution in [0.25, 0.3) is 22.2 Å². The summed E-state index contributed by atoms with van der Waals surface area (Å²) in [5.41, 5.74) is 5.02. The molecule has 0 N–H and O–H groups in total. The first-order valence-electron chi connectivity index (χ1n) is 11.4. The van der Waals surface area contributed by atoms with Gasteiger partial charge in [-0.05, 0) is 73.7 Å². The second kappa shape index (κ2) is 9.14. The van der Waals surface area contributed by atoms with E-state index < -0.39 is 0 Å². The number of carbonyl (C=O) groups is 1. The molecule has 1 aliphatic rings. The summed E-state index contributed by atoms with van der Waals surface area (Å²) in [5, 5.41) is 0.841. The van der Waals surface area contributed by atoms with Gasteiger partial charge in [0.15, 0.2) is 0 Å². The van der Waals surface area contributed by atoms with Crippen LogP contribution in [0.1, 0.15) is 15.9 Å². The maximum Gasteiger partial charge on any atom is 0.254 e. The van der Waals surface area contributed by atoms with Crippen molar-refractivity contribution in [3.05, 3.63) is 89.7 Å². The molecule has 5 rings (SSSR count). The van der Waals surface area contributed by atoms with E-state index in [4.69, 9.17) is 9.72 Å². The van der Waals surface area contributed by atoms with Gasteiger partial charge in [-0.25, -0.2) is 9.37 Å². The van der Waals surface area contributed by atoms with Crippen LogP contribution in [0.4, 0.5) is 10.1 Å². The fraction of sp³-hybridized carbons (Fsp3) is 0.214. The van der Waals surface area contributed by atoms with Gasteiger partial charge in [-0.3, -0.25) is 4.79 Å². The molecule has 5 nitrogen and oxygen atoms in total. The van der Waals surface area contributed by atoms with E-state index in [-0.39, 0.29) is 11.7 Å². The Labute approximate surface area is 198 Å². The van der Waals surface area contributed by atoms with Gasteiger partial charge in [0.25, 0.3) is 5.91 Å². The molecular weight excluding hydrogens is 429 g/mol. The number of fused-ring (bicyclic) bond motifs is 1. The van der Waals surface area contributed by atoms with Gasteiger partial charge in [0, 0.05) is 42.8 Å². The minimum absolute atomic E-state index is 0.00394. The number of benzene rings is 3. The molecule has 3 aromatic carbocycles. The fourth-order valence-electron chi connectivity index (χ4n) is 4.42. The zero-order valence-electron chi connectivity index (χ0n) is 19.3. The molecule has 1 aromatic heterocycles. The van der Waals surface area contributed by atoms with Gasteiger partial charge in [-0.1, -0.05) is 11.6 Å². The van der Waals surface area contributed by atoms with Crippen molar-refractivity contribution in [1.29, 1.82) is 0 Å². The molecule has 0 saturated carbocycles. The summed E-state index contributed by atoms with van der Waals surface area (Å²) in [5.74, 6) is 0.524. The lowest BCUT2D eigenvalue weighted by molar-refractivity contribution is 0.0748. The standard InChI is InChI=1S/C28H26FN3O2/c1-19-3-12-26-24(17-19)25(18-27(30-26)20-4-6-21(29)7-5-20)28(33)32-15-13-31(14-16-32)22-8-10-23(34-2)11-9-22/h3-12,17-18H,13-16H2,1-2H3. The average Bonchev–Trinajstić information content (AvgIpc) is 2.88. The number of pyridine rings is 1. The van der Waals surface area contributed by atoms with Crippen LogP contribution >= 0.6 is 0 Å². The third-order valence-electron chi connectivity index (χ3n) is 6.34. The number of halogens is 1. The molecule has 0 spiro atoms. The van der Waals surface area contributed by atoms with Gasteiger partial charge in [-0.15, -0.1) is 0 Å². The maximum atomic E-state index is 13.7. The Morgan fingerprint density at radius 3 is 2.29 bits per heavy atom. The summed E-state index contributed by atoms with van der Waals surface area (Å²) < 4.78 is 18.7. The molecule has 34 heavy (non-hydrogen) atoms. The van der Waals surface area contributed by atoms with Gasteiger partial charge in [0.1, 0.15) is 11.6 Å². The third kappa shape index (κ3) is 4.31. The van der Waals surface area contributed by atoms with Crippen LogP contribution in [0.5, 0.6) is 5.75 Å². The number of amides is 1. The monoisotopic (exact) mass is 455 g/mol. The highest BCUT2D eigenvalue weighted by Gasteiger charge is 2.24. The number of anilines is 1. The van der Waals surface area contributed by atoms with E-state index in [1.807, 2.05) is 60.4 Å². The molecule has 0 unspecified atom stereocenters. The first kappa shape index (κ1) is 21.9. The molecule has 0 bridgehead atoms. The summed E-state index contributed by atoms with van der Waals surface area (Å²) in [6.45, 7) is 4.78. The normalized spacial score (nSPS) is 13.9. The highest BCUT2D eigenvalue weighted by molar-refractivity contribution is 6.07. The molecule has 1 aliphatic heterocycles. The van der Waals surface area contributed by atoms with E-state index in [0.29, 0.717) is 24.3 Å². The summed E-state index contributed by atoms with van der Waals surface area (Å²) in [7, 11) is 1.66. The van der Waals surface area contributed by atoms with Gasteiger partial charge < -0.3 is 14.5 Å². The van der Waals surface area contributed by atoms with E-state index in [1.165, 1.54) is 12.1 Å². The Hall–Kier alpha value is -3.93. The number of ether oxygens (including phenoxy) is 1. The highest BCUT2D eigenvalue weighted by atomic mass is 19.1. The number of aromatic nitrogens is 1. The molecule has 172 valence electrons. The van der Waals surface area contributed by atoms with Gasteiger partial charge in [0.2, 0.25) is 0 Å². The Morgan fingerprint density at radius 2 is 1.62 bits per heavy atom. The highest BCUT2D eigenvalue weighted by Crippen LogP contribution is 2.28. The number of piperazine rings is 1. The van der Waals surface area contributed by atoms with E-state index in [9.17, 15) is 9.18 Å². The van der Waals surface area contributed by atoms with E-state index in [2.05, 4.69) is 4.90 Å². The lowest BCUT2D eigenvalue weighted by atomic mass is 10.0. The Bertz CT molecular complexity index is 1330. The van der Waals surface area contributed by atoms with Crippen LogP contribution in [-0.2, 0) is 0 Å². The molecule has 1 fully saturated rings. The van der Waals surface area contributed by atoms with Crippen LogP contribution in [-0.4, -0.2) is 49.1 Å². The lowest BCUT2D eigenvalue weighted by Crippen LogP contribution is -2.48. The number of hydrogen-bond acceptors (Lipinski definition) is 4. The minimum Gasteiger partial charge on any atom is -0.497 e. The number of carbonyl (C=O) groups excluding carboxylic acids is 1.